The number of aldehydes is 1. The van der Waals surface area contributed by atoms with E-state index in [0.717, 1.165) is 27.0 Å². The van der Waals surface area contributed by atoms with Crippen LogP contribution in [0.4, 0.5) is 17.4 Å². The summed E-state index contributed by atoms with van der Waals surface area (Å²) in [6.45, 7) is 0. The Morgan fingerprint density at radius 3 is 3.04 bits per heavy atom. The number of carbonyl (C=O) groups excluding carboxylic acids is 1. The highest BCUT2D eigenvalue weighted by atomic mass is 32.1. The number of aromatic nitrogens is 2. The predicted molar refractivity (Wildman–Crippen MR) is 109 cm³/mol. The number of aliphatic imine (C=N–C) groups is 1. The fraction of sp³-hybridized carbons (Fsp3) is 0. The molecular weight excluding hydrogens is 376 g/mol. The van der Waals surface area contributed by atoms with E-state index in [1.165, 1.54) is 11.3 Å². The second kappa shape index (κ2) is 6.43. The zero-order valence-corrected chi connectivity index (χ0v) is 15.1. The number of anilines is 2. The van der Waals surface area contributed by atoms with E-state index in [1.54, 1.807) is 24.0 Å². The van der Waals surface area contributed by atoms with Gasteiger partial charge in [-0.05, 0) is 36.4 Å². The molecular formula is C20H12N4O3S. The Kier molecular flexibility index (Phi) is 3.77. The number of aromatic hydroxyl groups is 1. The van der Waals surface area contributed by atoms with Crippen molar-refractivity contribution < 1.29 is 14.3 Å². The van der Waals surface area contributed by atoms with E-state index >= 15 is 0 Å². The molecule has 0 amide bonds. The molecule has 0 saturated heterocycles. The minimum atomic E-state index is -0.227. The monoisotopic (exact) mass is 388 g/mol. The van der Waals surface area contributed by atoms with Crippen LogP contribution in [-0.2, 0) is 0 Å². The Bertz CT molecular complexity index is 1290. The number of furan rings is 1. The van der Waals surface area contributed by atoms with Crippen LogP contribution in [0.25, 0.3) is 21.9 Å². The van der Waals surface area contributed by atoms with Crippen molar-refractivity contribution in [1.82, 2.24) is 9.97 Å². The fourth-order valence-corrected chi connectivity index (χ4v) is 3.72. The Morgan fingerprint density at radius 2 is 2.14 bits per heavy atom. The number of hydrogen-bond acceptors (Lipinski definition) is 8. The Labute approximate surface area is 162 Å². The highest BCUT2D eigenvalue weighted by Gasteiger charge is 2.21. The van der Waals surface area contributed by atoms with Crippen LogP contribution in [0.3, 0.4) is 0 Å². The van der Waals surface area contributed by atoms with Crippen molar-refractivity contribution in [3.05, 3.63) is 58.9 Å². The van der Waals surface area contributed by atoms with Crippen molar-refractivity contribution in [3.8, 4) is 5.75 Å². The topological polar surface area (TPSA) is 101 Å². The van der Waals surface area contributed by atoms with Crippen molar-refractivity contribution >= 4 is 63.1 Å². The van der Waals surface area contributed by atoms with Crippen molar-refractivity contribution in [2.45, 2.75) is 0 Å². The first kappa shape index (κ1) is 16.4. The van der Waals surface area contributed by atoms with Crippen LogP contribution in [0, 0.1) is 0 Å². The van der Waals surface area contributed by atoms with Gasteiger partial charge in [-0.2, -0.15) is 0 Å². The first-order valence-electron chi connectivity index (χ1n) is 8.35. The molecule has 0 aliphatic carbocycles. The van der Waals surface area contributed by atoms with E-state index in [1.807, 2.05) is 30.3 Å². The van der Waals surface area contributed by atoms with Gasteiger partial charge in [-0.1, -0.05) is 0 Å². The number of nitrogens with zero attached hydrogens (tertiary/aromatic N) is 3. The molecule has 1 aromatic carbocycles. The number of hydrogen-bond donors (Lipinski definition) is 2. The van der Waals surface area contributed by atoms with Crippen LogP contribution in [0.5, 0.6) is 5.75 Å². The minimum absolute atomic E-state index is 0.0533. The maximum Gasteiger partial charge on any atom is 0.212 e. The van der Waals surface area contributed by atoms with E-state index in [9.17, 15) is 9.90 Å². The zero-order valence-electron chi connectivity index (χ0n) is 14.3. The number of fused-ring (bicyclic) bond motifs is 2. The molecule has 0 radical (unpaired) electrons. The standard InChI is InChI=1S/C20H12N4O3S/c25-9-14-18(26)16(6-11-8-22-19-13(11)2-1-5-21-19)27-20(14)24-12-3-4-15-17(7-12)28-10-23-15/h1-10,24,26H. The molecule has 1 aliphatic heterocycles. The molecule has 0 saturated carbocycles. The van der Waals surface area contributed by atoms with Gasteiger partial charge in [0.1, 0.15) is 5.56 Å². The molecule has 3 aromatic heterocycles. The maximum absolute atomic E-state index is 11.5. The molecule has 0 spiro atoms. The van der Waals surface area contributed by atoms with E-state index in [0.29, 0.717) is 12.1 Å². The Hall–Kier alpha value is -3.78. The predicted octanol–water partition coefficient (Wildman–Crippen LogP) is 4.80. The molecule has 0 fully saturated rings. The van der Waals surface area contributed by atoms with E-state index in [-0.39, 0.29) is 23.0 Å². The average Bonchev–Trinajstić information content (AvgIpc) is 3.41. The summed E-state index contributed by atoms with van der Waals surface area (Å²) in [6.07, 6.45) is 5.50. The van der Waals surface area contributed by atoms with E-state index < -0.39 is 0 Å². The summed E-state index contributed by atoms with van der Waals surface area (Å²) >= 11 is 1.51. The van der Waals surface area contributed by atoms with Gasteiger partial charge in [0.15, 0.2) is 23.6 Å². The van der Waals surface area contributed by atoms with Crippen molar-refractivity contribution in [2.75, 3.05) is 5.32 Å². The normalized spacial score (nSPS) is 13.9. The lowest BCUT2D eigenvalue weighted by atomic mass is 10.1. The highest BCUT2D eigenvalue weighted by molar-refractivity contribution is 7.16. The molecule has 7 nitrogen and oxygen atoms in total. The summed E-state index contributed by atoms with van der Waals surface area (Å²) in [5, 5.41) is 13.5. The number of nitrogens with one attached hydrogen (secondary N) is 1. The summed E-state index contributed by atoms with van der Waals surface area (Å²) < 4.78 is 6.75. The van der Waals surface area contributed by atoms with Crippen molar-refractivity contribution in [2.24, 2.45) is 4.99 Å². The van der Waals surface area contributed by atoms with Gasteiger partial charge in [-0.25, -0.2) is 15.0 Å². The lowest BCUT2D eigenvalue weighted by Gasteiger charge is -2.03. The fourth-order valence-electron chi connectivity index (χ4n) is 3.00. The number of pyridine rings is 1. The summed E-state index contributed by atoms with van der Waals surface area (Å²) in [6, 6.07) is 9.30. The number of thiazole rings is 1. The molecule has 136 valence electrons. The van der Waals surface area contributed by atoms with Crippen LogP contribution in [-0.4, -0.2) is 27.6 Å². The van der Waals surface area contributed by atoms with Gasteiger partial charge in [-0.15, -0.1) is 11.3 Å². The second-order valence-electron chi connectivity index (χ2n) is 6.07. The number of carbonyl (C=O) groups is 1. The highest BCUT2D eigenvalue weighted by Crippen LogP contribution is 2.38. The van der Waals surface area contributed by atoms with Crippen molar-refractivity contribution in [3.63, 3.8) is 0 Å². The van der Waals surface area contributed by atoms with Crippen LogP contribution < -0.4 is 5.32 Å². The second-order valence-corrected chi connectivity index (χ2v) is 6.95. The van der Waals surface area contributed by atoms with Gasteiger partial charge < -0.3 is 14.8 Å². The molecule has 8 heteroatoms. The lowest BCUT2D eigenvalue weighted by molar-refractivity contribution is 0.112. The number of benzene rings is 1. The summed E-state index contributed by atoms with van der Waals surface area (Å²) in [4.78, 5) is 24.2. The van der Waals surface area contributed by atoms with Gasteiger partial charge in [0.25, 0.3) is 0 Å². The Balaban J connectivity index is 1.53. The first-order chi connectivity index (χ1) is 13.7. The van der Waals surface area contributed by atoms with E-state index in [2.05, 4.69) is 20.3 Å². The lowest BCUT2D eigenvalue weighted by Crippen LogP contribution is -1.91. The number of rotatable bonds is 4. The van der Waals surface area contributed by atoms with Gasteiger partial charge in [0, 0.05) is 29.2 Å². The minimum Gasteiger partial charge on any atom is -0.504 e. The molecule has 28 heavy (non-hydrogen) atoms. The molecule has 0 unspecified atom stereocenters. The van der Waals surface area contributed by atoms with Gasteiger partial charge >= 0.3 is 0 Å². The largest absolute Gasteiger partial charge is 0.504 e. The first-order valence-corrected chi connectivity index (χ1v) is 9.23. The summed E-state index contributed by atoms with van der Waals surface area (Å²) in [5.41, 5.74) is 5.01. The third-order valence-corrected chi connectivity index (χ3v) is 5.15. The van der Waals surface area contributed by atoms with Crippen LogP contribution in [0.15, 0.2) is 51.4 Å². The van der Waals surface area contributed by atoms with Gasteiger partial charge in [0.2, 0.25) is 5.88 Å². The molecule has 5 rings (SSSR count). The molecule has 4 heterocycles. The van der Waals surface area contributed by atoms with Crippen molar-refractivity contribution in [1.29, 1.82) is 0 Å². The third kappa shape index (κ3) is 2.67. The maximum atomic E-state index is 11.5. The molecule has 1 aliphatic rings. The molecule has 4 aromatic rings. The van der Waals surface area contributed by atoms with Crippen LogP contribution in [0.1, 0.15) is 21.7 Å². The van der Waals surface area contributed by atoms with Crippen LogP contribution in [0.2, 0.25) is 0 Å². The zero-order chi connectivity index (χ0) is 19.1. The Morgan fingerprint density at radius 1 is 1.21 bits per heavy atom. The third-order valence-electron chi connectivity index (χ3n) is 4.36. The molecule has 0 atom stereocenters. The smallest absolute Gasteiger partial charge is 0.212 e. The molecule has 0 bridgehead atoms. The number of allylic oxidation sites excluding steroid dienone is 1. The SMILES string of the molecule is O=Cc1c(Nc2ccc3ncsc3c2)oc(C=C2C=Nc3ncccc32)c1O. The van der Waals surface area contributed by atoms with Gasteiger partial charge in [0.05, 0.1) is 15.7 Å². The van der Waals surface area contributed by atoms with Gasteiger partial charge in [-0.3, -0.25) is 4.79 Å². The summed E-state index contributed by atoms with van der Waals surface area (Å²) in [5.74, 6) is 0.715. The molecule has 2 N–H and O–H groups in total. The quantitative estimate of drug-likeness (QED) is 0.487. The van der Waals surface area contributed by atoms with E-state index in [4.69, 9.17) is 4.42 Å². The van der Waals surface area contributed by atoms with Crippen LogP contribution >= 0.6 is 11.3 Å². The average molecular weight is 388 g/mol. The summed E-state index contributed by atoms with van der Waals surface area (Å²) in [7, 11) is 0.